The van der Waals surface area contributed by atoms with E-state index in [0.717, 1.165) is 6.42 Å². The fourth-order valence-corrected chi connectivity index (χ4v) is 3.60. The molecule has 1 atom stereocenters. The summed E-state index contributed by atoms with van der Waals surface area (Å²) in [6.07, 6.45) is 3.00. The second-order valence-electron chi connectivity index (χ2n) is 3.92. The molecule has 17 heavy (non-hydrogen) atoms. The molecule has 1 aliphatic heterocycles. The van der Waals surface area contributed by atoms with E-state index in [4.69, 9.17) is 5.84 Å². The molecule has 0 bridgehead atoms. The maximum absolute atomic E-state index is 11.6. The molecule has 0 spiro atoms. The van der Waals surface area contributed by atoms with E-state index < -0.39 is 9.84 Å². The largest absolute Gasteiger partial charge is 0.369 e. The molecule has 1 aromatic rings. The van der Waals surface area contributed by atoms with Crippen molar-refractivity contribution in [3.05, 3.63) is 12.3 Å². The van der Waals surface area contributed by atoms with Crippen LogP contribution in [0.1, 0.15) is 12.8 Å². The van der Waals surface area contributed by atoms with Crippen LogP contribution in [0.25, 0.3) is 0 Å². The van der Waals surface area contributed by atoms with Crippen LogP contribution in [0.2, 0.25) is 0 Å². The smallest absolute Gasteiger partial charge is 0.239 e. The van der Waals surface area contributed by atoms with Crippen LogP contribution >= 0.6 is 0 Å². The molecule has 1 unspecified atom stereocenters. The van der Waals surface area contributed by atoms with Gasteiger partial charge >= 0.3 is 0 Å². The highest BCUT2D eigenvalue weighted by Gasteiger charge is 2.30. The minimum Gasteiger partial charge on any atom is -0.369 e. The van der Waals surface area contributed by atoms with Crippen LogP contribution in [0.5, 0.6) is 0 Å². The first-order chi connectivity index (χ1) is 8.12. The van der Waals surface area contributed by atoms with Crippen molar-refractivity contribution in [2.75, 3.05) is 23.0 Å². The quantitative estimate of drug-likeness (QED) is 0.504. The topological polar surface area (TPSA) is 110 Å². The first kappa shape index (κ1) is 12.1. The van der Waals surface area contributed by atoms with Crippen molar-refractivity contribution in [1.82, 2.24) is 9.97 Å². The summed E-state index contributed by atoms with van der Waals surface area (Å²) in [7, 11) is -2.92. The van der Waals surface area contributed by atoms with Crippen molar-refractivity contribution in [1.29, 1.82) is 0 Å². The molecule has 0 aliphatic carbocycles. The van der Waals surface area contributed by atoms with Gasteiger partial charge in [-0.25, -0.2) is 19.2 Å². The lowest BCUT2D eigenvalue weighted by atomic mass is 10.2. The van der Waals surface area contributed by atoms with E-state index in [2.05, 4.69) is 20.7 Å². The number of nitrogens with one attached hydrogen (secondary N) is 2. The Balaban J connectivity index is 1.98. The fourth-order valence-electron chi connectivity index (χ4n) is 1.83. The first-order valence-electron chi connectivity index (χ1n) is 5.37. The Kier molecular flexibility index (Phi) is 3.43. The summed E-state index contributed by atoms with van der Waals surface area (Å²) in [5.74, 6) is 6.33. The van der Waals surface area contributed by atoms with E-state index in [0.29, 0.717) is 30.5 Å². The number of hydrogen-bond acceptors (Lipinski definition) is 7. The number of hydrazine groups is 1. The molecule has 1 aromatic heterocycles. The van der Waals surface area contributed by atoms with Gasteiger partial charge in [-0.15, -0.1) is 0 Å². The molecular weight excluding hydrogens is 242 g/mol. The summed E-state index contributed by atoms with van der Waals surface area (Å²) in [5, 5.41) is 2.68. The zero-order valence-electron chi connectivity index (χ0n) is 9.26. The summed E-state index contributed by atoms with van der Waals surface area (Å²) in [6.45, 7) is 0.378. The zero-order valence-corrected chi connectivity index (χ0v) is 10.1. The monoisotopic (exact) mass is 257 g/mol. The lowest BCUT2D eigenvalue weighted by Crippen LogP contribution is -2.25. The van der Waals surface area contributed by atoms with Gasteiger partial charge in [-0.05, 0) is 18.9 Å². The Morgan fingerprint density at radius 3 is 3.00 bits per heavy atom. The lowest BCUT2D eigenvalue weighted by molar-refractivity contribution is 0.591. The first-order valence-corrected chi connectivity index (χ1v) is 7.08. The Hall–Kier alpha value is -1.41. The maximum Gasteiger partial charge on any atom is 0.239 e. The average molecular weight is 257 g/mol. The second kappa shape index (κ2) is 4.84. The third-order valence-electron chi connectivity index (χ3n) is 2.76. The van der Waals surface area contributed by atoms with Gasteiger partial charge in [-0.3, -0.25) is 5.43 Å². The molecule has 1 fully saturated rings. The van der Waals surface area contributed by atoms with Gasteiger partial charge in [0.2, 0.25) is 5.95 Å². The number of nitrogens with two attached hydrogens (primary N) is 1. The van der Waals surface area contributed by atoms with Crippen LogP contribution < -0.4 is 16.6 Å². The van der Waals surface area contributed by atoms with Crippen molar-refractivity contribution >= 4 is 21.6 Å². The summed E-state index contributed by atoms with van der Waals surface area (Å²) in [4.78, 5) is 7.91. The number of aromatic nitrogens is 2. The van der Waals surface area contributed by atoms with Crippen molar-refractivity contribution < 1.29 is 8.42 Å². The minimum absolute atomic E-state index is 0.290. The fraction of sp³-hybridized carbons (Fsp3) is 0.556. The standard InChI is InChI=1S/C9H15N5O2S/c10-14-9-11-4-3-8(13-9)12-6-7-2-1-5-17(7,15)16/h3-4,7H,1-2,5-6,10H2,(H2,11,12,13,14). The maximum atomic E-state index is 11.6. The Morgan fingerprint density at radius 2 is 2.35 bits per heavy atom. The van der Waals surface area contributed by atoms with Gasteiger partial charge < -0.3 is 5.32 Å². The zero-order chi connectivity index (χ0) is 12.3. The van der Waals surface area contributed by atoms with Gasteiger partial charge in [-0.2, -0.15) is 4.98 Å². The number of anilines is 2. The molecule has 4 N–H and O–H groups in total. The van der Waals surface area contributed by atoms with Crippen LogP contribution in [0.15, 0.2) is 12.3 Å². The van der Waals surface area contributed by atoms with Gasteiger partial charge in [0.1, 0.15) is 5.82 Å². The normalized spacial score (nSPS) is 22.3. The predicted molar refractivity (Wildman–Crippen MR) is 65.1 cm³/mol. The number of hydrogen-bond donors (Lipinski definition) is 3. The molecule has 0 amide bonds. The van der Waals surface area contributed by atoms with Crippen molar-refractivity contribution in [3.8, 4) is 0 Å². The van der Waals surface area contributed by atoms with Crippen molar-refractivity contribution in [2.24, 2.45) is 5.84 Å². The average Bonchev–Trinajstić information content (AvgIpc) is 2.66. The van der Waals surface area contributed by atoms with Gasteiger partial charge in [0.05, 0.1) is 11.0 Å². The van der Waals surface area contributed by atoms with Crippen LogP contribution in [-0.4, -0.2) is 35.9 Å². The van der Waals surface area contributed by atoms with Gasteiger partial charge in [0, 0.05) is 12.7 Å². The summed E-state index contributed by atoms with van der Waals surface area (Å²) in [5.41, 5.74) is 2.33. The van der Waals surface area contributed by atoms with E-state index in [1.807, 2.05) is 0 Å². The Labute approximate surface area is 99.7 Å². The minimum atomic E-state index is -2.92. The van der Waals surface area contributed by atoms with E-state index in [-0.39, 0.29) is 5.25 Å². The van der Waals surface area contributed by atoms with Crippen LogP contribution in [0, 0.1) is 0 Å². The van der Waals surface area contributed by atoms with Crippen LogP contribution in [-0.2, 0) is 9.84 Å². The molecule has 1 aliphatic rings. The highest BCUT2D eigenvalue weighted by Crippen LogP contribution is 2.20. The molecule has 8 heteroatoms. The molecular formula is C9H15N5O2S. The number of sulfone groups is 1. The molecule has 0 saturated carbocycles. The van der Waals surface area contributed by atoms with E-state index in [9.17, 15) is 8.42 Å². The third-order valence-corrected chi connectivity index (χ3v) is 5.03. The lowest BCUT2D eigenvalue weighted by Gasteiger charge is -2.11. The molecule has 2 heterocycles. The second-order valence-corrected chi connectivity index (χ2v) is 6.32. The highest BCUT2D eigenvalue weighted by atomic mass is 32.2. The SMILES string of the molecule is NNc1nccc(NCC2CCCS2(=O)=O)n1. The molecule has 7 nitrogen and oxygen atoms in total. The summed E-state index contributed by atoms with van der Waals surface area (Å²) >= 11 is 0. The number of nitrogens with zero attached hydrogens (tertiary/aromatic N) is 2. The highest BCUT2D eigenvalue weighted by molar-refractivity contribution is 7.92. The third kappa shape index (κ3) is 2.83. The van der Waals surface area contributed by atoms with Crippen LogP contribution in [0.3, 0.4) is 0 Å². The number of rotatable bonds is 4. The Bertz CT molecular complexity index is 490. The van der Waals surface area contributed by atoms with Crippen molar-refractivity contribution in [3.63, 3.8) is 0 Å². The molecule has 94 valence electrons. The molecule has 0 aromatic carbocycles. The van der Waals surface area contributed by atoms with E-state index in [1.165, 1.54) is 0 Å². The van der Waals surface area contributed by atoms with Crippen molar-refractivity contribution in [2.45, 2.75) is 18.1 Å². The Morgan fingerprint density at radius 1 is 1.53 bits per heavy atom. The van der Waals surface area contributed by atoms with Gasteiger partial charge in [0.25, 0.3) is 0 Å². The van der Waals surface area contributed by atoms with E-state index >= 15 is 0 Å². The predicted octanol–water partition coefficient (Wildman–Crippen LogP) is -0.249. The summed E-state index contributed by atoms with van der Waals surface area (Å²) in [6, 6.07) is 1.67. The molecule has 2 rings (SSSR count). The van der Waals surface area contributed by atoms with Crippen LogP contribution in [0.4, 0.5) is 11.8 Å². The summed E-state index contributed by atoms with van der Waals surface area (Å²) < 4.78 is 23.2. The molecule has 0 radical (unpaired) electrons. The number of nitrogen functional groups attached to an aromatic ring is 1. The van der Waals surface area contributed by atoms with Gasteiger partial charge in [0.15, 0.2) is 9.84 Å². The van der Waals surface area contributed by atoms with E-state index in [1.54, 1.807) is 12.3 Å². The van der Waals surface area contributed by atoms with Gasteiger partial charge in [-0.1, -0.05) is 0 Å². The molecule has 1 saturated heterocycles.